The molecule has 1 aromatic heterocycles. The highest BCUT2D eigenvalue weighted by molar-refractivity contribution is 5.94. The molecular formula is C24H31N5O. The van der Waals surface area contributed by atoms with Gasteiger partial charge in [0.1, 0.15) is 0 Å². The number of guanidine groups is 1. The molecule has 0 aliphatic carbocycles. The van der Waals surface area contributed by atoms with Gasteiger partial charge >= 0.3 is 0 Å². The van der Waals surface area contributed by atoms with Crippen LogP contribution >= 0.6 is 0 Å². The molecule has 0 radical (unpaired) electrons. The van der Waals surface area contributed by atoms with E-state index in [0.717, 1.165) is 37.5 Å². The summed E-state index contributed by atoms with van der Waals surface area (Å²) in [7, 11) is 1.77. The van der Waals surface area contributed by atoms with Crippen molar-refractivity contribution in [3.05, 3.63) is 71.9 Å². The highest BCUT2D eigenvalue weighted by Crippen LogP contribution is 2.15. The first kappa shape index (κ1) is 21.4. The van der Waals surface area contributed by atoms with E-state index in [1.807, 2.05) is 31.2 Å². The zero-order valence-electron chi connectivity index (χ0n) is 17.8. The Morgan fingerprint density at radius 1 is 1.00 bits per heavy atom. The molecule has 1 heterocycles. The van der Waals surface area contributed by atoms with Crippen LogP contribution in [0.3, 0.4) is 0 Å². The molecule has 0 saturated heterocycles. The molecule has 30 heavy (non-hydrogen) atoms. The summed E-state index contributed by atoms with van der Waals surface area (Å²) in [6.45, 7) is 5.12. The van der Waals surface area contributed by atoms with E-state index in [0.29, 0.717) is 18.7 Å². The van der Waals surface area contributed by atoms with E-state index in [1.165, 1.54) is 10.9 Å². The number of aliphatic imine (C=N–C) groups is 1. The molecule has 3 rings (SSSR count). The Morgan fingerprint density at radius 3 is 2.70 bits per heavy atom. The Balaban J connectivity index is 1.44. The van der Waals surface area contributed by atoms with Crippen LogP contribution < -0.4 is 16.0 Å². The molecule has 3 N–H and O–H groups in total. The molecule has 0 unspecified atom stereocenters. The molecule has 0 saturated carbocycles. The van der Waals surface area contributed by atoms with Gasteiger partial charge in [-0.05, 0) is 48.1 Å². The Bertz CT molecular complexity index is 992. The number of nitrogens with zero attached hydrogens (tertiary/aromatic N) is 2. The quantitative estimate of drug-likeness (QED) is 0.290. The van der Waals surface area contributed by atoms with E-state index in [-0.39, 0.29) is 5.91 Å². The molecule has 6 heteroatoms. The molecule has 6 nitrogen and oxygen atoms in total. The number of carbonyl (C=O) groups excluding carboxylic acids is 1. The number of carbonyl (C=O) groups is 1. The average Bonchev–Trinajstić information content (AvgIpc) is 3.20. The lowest BCUT2D eigenvalue weighted by Gasteiger charge is -2.13. The number of rotatable bonds is 9. The van der Waals surface area contributed by atoms with Gasteiger partial charge in [-0.2, -0.15) is 0 Å². The monoisotopic (exact) mass is 405 g/mol. The predicted molar refractivity (Wildman–Crippen MR) is 124 cm³/mol. The highest BCUT2D eigenvalue weighted by Gasteiger charge is 2.06. The highest BCUT2D eigenvalue weighted by atomic mass is 16.1. The van der Waals surface area contributed by atoms with Gasteiger partial charge in [-0.1, -0.05) is 37.3 Å². The summed E-state index contributed by atoms with van der Waals surface area (Å²) in [5.41, 5.74) is 2.99. The maximum atomic E-state index is 12.1. The van der Waals surface area contributed by atoms with Gasteiger partial charge in [-0.15, -0.1) is 0 Å². The summed E-state index contributed by atoms with van der Waals surface area (Å²) in [5, 5.41) is 10.9. The lowest BCUT2D eigenvalue weighted by molar-refractivity contribution is 0.0953. The fraction of sp³-hybridized carbons (Fsp3) is 0.333. The van der Waals surface area contributed by atoms with Gasteiger partial charge in [0.25, 0.3) is 5.91 Å². The summed E-state index contributed by atoms with van der Waals surface area (Å²) in [6, 6.07) is 18.3. The Kier molecular flexibility index (Phi) is 7.89. The van der Waals surface area contributed by atoms with Crippen molar-refractivity contribution in [3.8, 4) is 0 Å². The van der Waals surface area contributed by atoms with Gasteiger partial charge in [0.2, 0.25) is 0 Å². The summed E-state index contributed by atoms with van der Waals surface area (Å²) < 4.78 is 2.28. The number of fused-ring (bicyclic) bond motifs is 1. The van der Waals surface area contributed by atoms with Crippen LogP contribution in [-0.4, -0.2) is 36.6 Å². The summed E-state index contributed by atoms with van der Waals surface area (Å²) in [4.78, 5) is 16.4. The van der Waals surface area contributed by atoms with E-state index in [1.54, 1.807) is 7.05 Å². The minimum absolute atomic E-state index is 0.0289. The molecular weight excluding hydrogens is 374 g/mol. The van der Waals surface area contributed by atoms with E-state index >= 15 is 0 Å². The largest absolute Gasteiger partial charge is 0.356 e. The van der Waals surface area contributed by atoms with E-state index in [2.05, 4.69) is 62.0 Å². The molecule has 2 aromatic carbocycles. The first-order valence-electron chi connectivity index (χ1n) is 10.6. The molecule has 158 valence electrons. The predicted octanol–water partition coefficient (Wildman–Crippen LogP) is 3.54. The smallest absolute Gasteiger partial charge is 0.251 e. The van der Waals surface area contributed by atoms with Crippen LogP contribution in [0.15, 0.2) is 65.8 Å². The first-order chi connectivity index (χ1) is 14.7. The Hall–Kier alpha value is -3.28. The van der Waals surface area contributed by atoms with Crippen molar-refractivity contribution < 1.29 is 4.79 Å². The molecule has 1 amide bonds. The lowest BCUT2D eigenvalue weighted by Crippen LogP contribution is -2.37. The number of hydrogen-bond acceptors (Lipinski definition) is 2. The van der Waals surface area contributed by atoms with Crippen LogP contribution in [-0.2, 0) is 13.1 Å². The van der Waals surface area contributed by atoms with Crippen LogP contribution in [0.2, 0.25) is 0 Å². The van der Waals surface area contributed by atoms with Crippen molar-refractivity contribution in [2.75, 3.05) is 20.1 Å². The summed E-state index contributed by atoms with van der Waals surface area (Å²) in [5.74, 6) is 0.729. The molecule has 0 fully saturated rings. The third-order valence-electron chi connectivity index (χ3n) is 4.96. The zero-order valence-corrected chi connectivity index (χ0v) is 17.8. The lowest BCUT2D eigenvalue weighted by atomic mass is 10.1. The molecule has 0 spiro atoms. The standard InChI is InChI=1S/C24H31N5O/c1-3-13-26-23(30)21-10-6-8-19(17-21)18-28-24(25-2)27-14-7-15-29-16-12-20-9-4-5-11-22(20)29/h4-6,8-12,16-17H,3,7,13-15,18H2,1-2H3,(H,26,30)(H2,25,27,28). The average molecular weight is 406 g/mol. The van der Waals surface area contributed by atoms with Crippen LogP contribution in [0, 0.1) is 0 Å². The SMILES string of the molecule is CCCNC(=O)c1cccc(CNC(=NC)NCCCn2ccc3ccccc32)c1. The minimum Gasteiger partial charge on any atom is -0.356 e. The van der Waals surface area contributed by atoms with Crippen molar-refractivity contribution in [1.82, 2.24) is 20.5 Å². The second-order valence-electron chi connectivity index (χ2n) is 7.23. The van der Waals surface area contributed by atoms with Gasteiger partial charge < -0.3 is 20.5 Å². The van der Waals surface area contributed by atoms with E-state index < -0.39 is 0 Å². The molecule has 0 atom stereocenters. The van der Waals surface area contributed by atoms with Crippen molar-refractivity contribution in [2.45, 2.75) is 32.9 Å². The fourth-order valence-corrected chi connectivity index (χ4v) is 3.36. The van der Waals surface area contributed by atoms with Gasteiger partial charge in [0.05, 0.1) is 0 Å². The number of amides is 1. The van der Waals surface area contributed by atoms with Crippen LogP contribution in [0.1, 0.15) is 35.7 Å². The summed E-state index contributed by atoms with van der Waals surface area (Å²) >= 11 is 0. The summed E-state index contributed by atoms with van der Waals surface area (Å²) in [6.07, 6.45) is 4.06. The Morgan fingerprint density at radius 2 is 1.87 bits per heavy atom. The zero-order chi connectivity index (χ0) is 21.2. The third-order valence-corrected chi connectivity index (χ3v) is 4.96. The molecule has 0 bridgehead atoms. The molecule has 0 aliphatic rings. The number of para-hydroxylation sites is 1. The number of hydrogen-bond donors (Lipinski definition) is 3. The third kappa shape index (κ3) is 5.86. The second-order valence-corrected chi connectivity index (χ2v) is 7.23. The second kappa shape index (κ2) is 11.0. The number of aromatic nitrogens is 1. The van der Waals surface area contributed by atoms with Crippen LogP contribution in [0.4, 0.5) is 0 Å². The van der Waals surface area contributed by atoms with Crippen molar-refractivity contribution in [2.24, 2.45) is 4.99 Å². The van der Waals surface area contributed by atoms with Crippen LogP contribution in [0.25, 0.3) is 10.9 Å². The number of aryl methyl sites for hydroxylation is 1. The van der Waals surface area contributed by atoms with E-state index in [9.17, 15) is 4.79 Å². The fourth-order valence-electron chi connectivity index (χ4n) is 3.36. The number of benzene rings is 2. The maximum Gasteiger partial charge on any atom is 0.251 e. The molecule has 3 aromatic rings. The van der Waals surface area contributed by atoms with Crippen molar-refractivity contribution >= 4 is 22.8 Å². The first-order valence-corrected chi connectivity index (χ1v) is 10.6. The van der Waals surface area contributed by atoms with Gasteiger partial charge in [-0.3, -0.25) is 9.79 Å². The minimum atomic E-state index is -0.0289. The normalized spacial score (nSPS) is 11.5. The number of nitrogens with one attached hydrogen (secondary N) is 3. The van der Waals surface area contributed by atoms with Crippen molar-refractivity contribution in [3.63, 3.8) is 0 Å². The van der Waals surface area contributed by atoms with Crippen molar-refractivity contribution in [1.29, 1.82) is 0 Å². The van der Waals surface area contributed by atoms with Crippen LogP contribution in [0.5, 0.6) is 0 Å². The topological polar surface area (TPSA) is 70.4 Å². The molecule has 0 aliphatic heterocycles. The Labute approximate surface area is 178 Å². The van der Waals surface area contributed by atoms with Gasteiger partial charge in [0, 0.05) is 50.5 Å². The van der Waals surface area contributed by atoms with Gasteiger partial charge in [0.15, 0.2) is 5.96 Å². The van der Waals surface area contributed by atoms with Gasteiger partial charge in [-0.25, -0.2) is 0 Å². The maximum absolute atomic E-state index is 12.1. The van der Waals surface area contributed by atoms with E-state index in [4.69, 9.17) is 0 Å².